The molecule has 78 valence electrons. The highest BCUT2D eigenvalue weighted by molar-refractivity contribution is 6.04. The molecule has 0 spiro atoms. The standard InChI is InChI=1S/C4H2O3.C4H6O2.CH4/c5-3-1-2-4(6)7-3;1-3(2)4(5)6;/h1-2H;1H2,2H3,(H,5,6);1H4. The molecule has 0 aromatic heterocycles. The van der Waals surface area contributed by atoms with Crippen molar-refractivity contribution in [3.8, 4) is 0 Å². The van der Waals surface area contributed by atoms with Crippen molar-refractivity contribution in [2.24, 2.45) is 0 Å². The molecule has 1 aliphatic heterocycles. The largest absolute Gasteiger partial charge is 0.478 e. The van der Waals surface area contributed by atoms with Gasteiger partial charge in [-0.1, -0.05) is 14.0 Å². The molecule has 0 aliphatic carbocycles. The van der Waals surface area contributed by atoms with E-state index in [2.05, 4.69) is 11.3 Å². The Balaban J connectivity index is 0. The summed E-state index contributed by atoms with van der Waals surface area (Å²) in [6, 6.07) is 0. The van der Waals surface area contributed by atoms with E-state index in [-0.39, 0.29) is 13.0 Å². The van der Waals surface area contributed by atoms with E-state index >= 15 is 0 Å². The molecular weight excluding hydrogens is 188 g/mol. The van der Waals surface area contributed by atoms with Crippen LogP contribution in [-0.2, 0) is 19.1 Å². The van der Waals surface area contributed by atoms with Crippen LogP contribution in [-0.4, -0.2) is 23.0 Å². The van der Waals surface area contributed by atoms with E-state index in [9.17, 15) is 14.4 Å². The number of carbonyl (C=O) groups excluding carboxylic acids is 2. The highest BCUT2D eigenvalue weighted by Crippen LogP contribution is 1.92. The molecule has 0 aromatic rings. The minimum atomic E-state index is -0.935. The number of esters is 2. The smallest absolute Gasteiger partial charge is 0.338 e. The molecule has 14 heavy (non-hydrogen) atoms. The lowest BCUT2D eigenvalue weighted by molar-refractivity contribution is -0.150. The average molecular weight is 200 g/mol. The van der Waals surface area contributed by atoms with Gasteiger partial charge < -0.3 is 9.84 Å². The van der Waals surface area contributed by atoms with Crippen LogP contribution in [0, 0.1) is 0 Å². The molecule has 0 amide bonds. The second kappa shape index (κ2) is 6.59. The van der Waals surface area contributed by atoms with E-state index in [1.54, 1.807) is 0 Å². The molecule has 0 unspecified atom stereocenters. The first kappa shape index (κ1) is 14.6. The van der Waals surface area contributed by atoms with Crippen LogP contribution >= 0.6 is 0 Å². The third kappa shape index (κ3) is 6.78. The van der Waals surface area contributed by atoms with Crippen LogP contribution in [0.1, 0.15) is 14.4 Å². The second-order valence-corrected chi connectivity index (χ2v) is 2.16. The van der Waals surface area contributed by atoms with Gasteiger partial charge in [-0.25, -0.2) is 14.4 Å². The zero-order chi connectivity index (χ0) is 10.4. The minimum absolute atomic E-state index is 0. The highest BCUT2D eigenvalue weighted by Gasteiger charge is 2.10. The Kier molecular flexibility index (Phi) is 6.87. The van der Waals surface area contributed by atoms with E-state index < -0.39 is 17.9 Å². The lowest BCUT2D eigenvalue weighted by Crippen LogP contribution is -1.96. The Morgan fingerprint density at radius 3 is 1.71 bits per heavy atom. The van der Waals surface area contributed by atoms with Crippen molar-refractivity contribution in [2.75, 3.05) is 0 Å². The Hall–Kier alpha value is -1.91. The van der Waals surface area contributed by atoms with Crippen LogP contribution in [0.25, 0.3) is 0 Å². The van der Waals surface area contributed by atoms with E-state index in [4.69, 9.17) is 5.11 Å². The molecular formula is C9H12O5. The molecule has 0 aromatic carbocycles. The topological polar surface area (TPSA) is 80.7 Å². The molecule has 1 N–H and O–H groups in total. The van der Waals surface area contributed by atoms with Gasteiger partial charge in [0.15, 0.2) is 0 Å². The molecule has 1 heterocycles. The van der Waals surface area contributed by atoms with Crippen LogP contribution < -0.4 is 0 Å². The SMILES string of the molecule is C.C=C(C)C(=O)O.O=C1C=CC(=O)O1. The second-order valence-electron chi connectivity index (χ2n) is 2.16. The van der Waals surface area contributed by atoms with Gasteiger partial charge in [-0.3, -0.25) is 0 Å². The Bertz CT molecular complexity index is 260. The Labute approximate surface area is 81.7 Å². The molecule has 0 atom stereocenters. The molecule has 0 saturated heterocycles. The highest BCUT2D eigenvalue weighted by atomic mass is 16.6. The monoisotopic (exact) mass is 200 g/mol. The van der Waals surface area contributed by atoms with Crippen molar-refractivity contribution in [1.82, 2.24) is 0 Å². The van der Waals surface area contributed by atoms with E-state index in [1.165, 1.54) is 6.92 Å². The van der Waals surface area contributed by atoms with Crippen LogP contribution in [0.3, 0.4) is 0 Å². The van der Waals surface area contributed by atoms with Gasteiger partial charge in [0.25, 0.3) is 0 Å². The molecule has 1 aliphatic rings. The summed E-state index contributed by atoms with van der Waals surface area (Å²) in [4.78, 5) is 29.4. The first-order chi connectivity index (χ1) is 5.93. The Morgan fingerprint density at radius 1 is 1.36 bits per heavy atom. The van der Waals surface area contributed by atoms with Crippen molar-refractivity contribution < 1.29 is 24.2 Å². The maximum atomic E-state index is 9.92. The van der Waals surface area contributed by atoms with Crippen molar-refractivity contribution in [1.29, 1.82) is 0 Å². The summed E-state index contributed by atoms with van der Waals surface area (Å²) in [5, 5.41) is 7.89. The maximum Gasteiger partial charge on any atom is 0.338 e. The van der Waals surface area contributed by atoms with Crippen molar-refractivity contribution in [2.45, 2.75) is 14.4 Å². The predicted octanol–water partition coefficient (Wildman–Crippen LogP) is 0.909. The number of carbonyl (C=O) groups is 3. The number of hydrogen-bond acceptors (Lipinski definition) is 4. The van der Waals surface area contributed by atoms with Crippen LogP contribution in [0.15, 0.2) is 24.3 Å². The summed E-state index contributed by atoms with van der Waals surface area (Å²) < 4.78 is 3.97. The fourth-order valence-corrected chi connectivity index (χ4v) is 0.303. The third-order valence-electron chi connectivity index (χ3n) is 0.922. The number of carboxylic acids is 1. The summed E-state index contributed by atoms with van der Waals surface area (Å²) in [5.41, 5.74) is 0.176. The molecule has 0 bridgehead atoms. The fourth-order valence-electron chi connectivity index (χ4n) is 0.303. The van der Waals surface area contributed by atoms with E-state index in [0.717, 1.165) is 12.2 Å². The molecule has 0 saturated carbocycles. The van der Waals surface area contributed by atoms with Gasteiger partial charge in [0.2, 0.25) is 0 Å². The maximum absolute atomic E-state index is 9.92. The fraction of sp³-hybridized carbons (Fsp3) is 0.222. The summed E-state index contributed by atoms with van der Waals surface area (Å²) >= 11 is 0. The van der Waals surface area contributed by atoms with Crippen molar-refractivity contribution >= 4 is 17.9 Å². The number of aliphatic carboxylic acids is 1. The van der Waals surface area contributed by atoms with Crippen LogP contribution in [0.2, 0.25) is 0 Å². The van der Waals surface area contributed by atoms with Gasteiger partial charge in [0.05, 0.1) is 0 Å². The van der Waals surface area contributed by atoms with Gasteiger partial charge in [-0.15, -0.1) is 0 Å². The van der Waals surface area contributed by atoms with Gasteiger partial charge in [0, 0.05) is 17.7 Å². The summed E-state index contributed by atoms with van der Waals surface area (Å²) in [6.07, 6.45) is 2.17. The van der Waals surface area contributed by atoms with E-state index in [0.29, 0.717) is 0 Å². The number of rotatable bonds is 1. The number of carboxylic acid groups (broad SMARTS) is 1. The molecule has 0 fully saturated rings. The lowest BCUT2D eigenvalue weighted by atomic mass is 10.4. The van der Waals surface area contributed by atoms with Gasteiger partial charge in [-0.05, 0) is 6.92 Å². The van der Waals surface area contributed by atoms with Gasteiger partial charge in [0.1, 0.15) is 0 Å². The first-order valence-corrected chi connectivity index (χ1v) is 3.26. The lowest BCUT2D eigenvalue weighted by Gasteiger charge is -1.80. The average Bonchev–Trinajstić information content (AvgIpc) is 2.35. The van der Waals surface area contributed by atoms with Crippen LogP contribution in [0.5, 0.6) is 0 Å². The zero-order valence-electron chi connectivity index (χ0n) is 6.94. The number of hydrogen-bond donors (Lipinski definition) is 1. The van der Waals surface area contributed by atoms with Gasteiger partial charge >= 0.3 is 17.9 Å². The number of cyclic esters (lactones) is 2. The predicted molar refractivity (Wildman–Crippen MR) is 49.4 cm³/mol. The Morgan fingerprint density at radius 2 is 1.64 bits per heavy atom. The molecule has 1 rings (SSSR count). The first-order valence-electron chi connectivity index (χ1n) is 3.26. The zero-order valence-corrected chi connectivity index (χ0v) is 6.94. The summed E-state index contributed by atoms with van der Waals surface area (Å²) in [5.74, 6) is -2.09. The van der Waals surface area contributed by atoms with Crippen LogP contribution in [0.4, 0.5) is 0 Å². The summed E-state index contributed by atoms with van der Waals surface area (Å²) in [6.45, 7) is 4.60. The molecule has 5 heteroatoms. The summed E-state index contributed by atoms with van der Waals surface area (Å²) in [7, 11) is 0. The minimum Gasteiger partial charge on any atom is -0.478 e. The van der Waals surface area contributed by atoms with Gasteiger partial charge in [-0.2, -0.15) is 0 Å². The molecule has 5 nitrogen and oxygen atoms in total. The number of ether oxygens (including phenoxy) is 1. The molecule has 0 radical (unpaired) electrons. The normalized spacial score (nSPS) is 12.1. The van der Waals surface area contributed by atoms with E-state index in [1.807, 2.05) is 0 Å². The van der Waals surface area contributed by atoms with Crippen molar-refractivity contribution in [3.63, 3.8) is 0 Å². The van der Waals surface area contributed by atoms with Crippen molar-refractivity contribution in [3.05, 3.63) is 24.3 Å². The third-order valence-corrected chi connectivity index (χ3v) is 0.922. The quantitative estimate of drug-likeness (QED) is 0.386.